The Hall–Kier alpha value is -2.75. The fourth-order valence-electron chi connectivity index (χ4n) is 2.05. The first-order chi connectivity index (χ1) is 9.25. The van der Waals surface area contributed by atoms with Gasteiger partial charge in [-0.15, -0.1) is 0 Å². The van der Waals surface area contributed by atoms with Crippen LogP contribution in [0.1, 0.15) is 21.5 Å². The van der Waals surface area contributed by atoms with Crippen LogP contribution in [0, 0.1) is 0 Å². The maximum Gasteiger partial charge on any atom is 0.258 e. The van der Waals surface area contributed by atoms with E-state index in [0.29, 0.717) is 16.7 Å². The van der Waals surface area contributed by atoms with E-state index in [1.165, 1.54) is 0 Å². The molecule has 4 heteroatoms. The maximum atomic E-state index is 12.0. The molecule has 0 saturated carbocycles. The van der Waals surface area contributed by atoms with E-state index in [9.17, 15) is 9.59 Å². The molecule has 0 bridgehead atoms. The Morgan fingerprint density at radius 3 is 2.47 bits per heavy atom. The molecule has 0 aliphatic carbocycles. The summed E-state index contributed by atoms with van der Waals surface area (Å²) in [6.07, 6.45) is 5.06. The number of pyridine rings is 1. The zero-order valence-corrected chi connectivity index (χ0v) is 9.96. The van der Waals surface area contributed by atoms with Crippen LogP contribution < -0.4 is 5.32 Å². The maximum absolute atomic E-state index is 12.0. The largest absolute Gasteiger partial charge is 0.288 e. The summed E-state index contributed by atoms with van der Waals surface area (Å²) in [5, 5.41) is 2.34. The van der Waals surface area contributed by atoms with Crippen molar-refractivity contribution >= 4 is 23.5 Å². The Balaban J connectivity index is 2.16. The average Bonchev–Trinajstić information content (AvgIpc) is 2.45. The molecule has 2 amide bonds. The lowest BCUT2D eigenvalue weighted by molar-refractivity contribution is -0.114. The molecule has 1 aromatic carbocycles. The molecule has 3 rings (SSSR count). The summed E-state index contributed by atoms with van der Waals surface area (Å²) in [5.41, 5.74) is 2.46. The summed E-state index contributed by atoms with van der Waals surface area (Å²) >= 11 is 0. The van der Waals surface area contributed by atoms with Crippen LogP contribution in [0.25, 0.3) is 11.6 Å². The summed E-state index contributed by atoms with van der Waals surface area (Å²) in [7, 11) is 0. The van der Waals surface area contributed by atoms with Gasteiger partial charge in [0, 0.05) is 23.5 Å². The fraction of sp³-hybridized carbons (Fsp3) is 0. The van der Waals surface area contributed by atoms with E-state index in [1.54, 1.807) is 42.7 Å². The smallest absolute Gasteiger partial charge is 0.258 e. The number of hydrogen-bond acceptors (Lipinski definition) is 3. The number of benzene rings is 1. The first-order valence-electron chi connectivity index (χ1n) is 5.82. The van der Waals surface area contributed by atoms with E-state index in [2.05, 4.69) is 10.3 Å². The highest BCUT2D eigenvalue weighted by molar-refractivity contribution is 6.33. The summed E-state index contributed by atoms with van der Waals surface area (Å²) in [6, 6.07) is 10.7. The summed E-state index contributed by atoms with van der Waals surface area (Å²) < 4.78 is 0. The van der Waals surface area contributed by atoms with E-state index in [-0.39, 0.29) is 11.8 Å². The van der Waals surface area contributed by atoms with Crippen molar-refractivity contribution in [2.24, 2.45) is 0 Å². The molecule has 2 heterocycles. The summed E-state index contributed by atoms with van der Waals surface area (Å²) in [4.78, 5) is 27.7. The Kier molecular flexibility index (Phi) is 2.68. The number of nitrogens with zero attached hydrogens (tertiary/aromatic N) is 1. The first kappa shape index (κ1) is 11.3. The van der Waals surface area contributed by atoms with Crippen molar-refractivity contribution in [2.45, 2.75) is 0 Å². The van der Waals surface area contributed by atoms with Gasteiger partial charge in [0.1, 0.15) is 0 Å². The molecule has 0 spiro atoms. The van der Waals surface area contributed by atoms with Gasteiger partial charge in [-0.1, -0.05) is 24.3 Å². The van der Waals surface area contributed by atoms with Crippen molar-refractivity contribution in [3.05, 3.63) is 65.5 Å². The molecule has 19 heavy (non-hydrogen) atoms. The molecule has 1 aliphatic rings. The molecular weight excluding hydrogens is 240 g/mol. The van der Waals surface area contributed by atoms with E-state index in [4.69, 9.17) is 0 Å². The molecule has 0 fully saturated rings. The molecule has 4 nitrogen and oxygen atoms in total. The third-order valence-electron chi connectivity index (χ3n) is 2.93. The minimum Gasteiger partial charge on any atom is -0.288 e. The van der Waals surface area contributed by atoms with Crippen molar-refractivity contribution in [1.29, 1.82) is 0 Å². The van der Waals surface area contributed by atoms with Crippen LogP contribution in [0.3, 0.4) is 0 Å². The second-order valence-corrected chi connectivity index (χ2v) is 4.17. The van der Waals surface area contributed by atoms with Gasteiger partial charge in [0.15, 0.2) is 0 Å². The van der Waals surface area contributed by atoms with Crippen LogP contribution in [0.2, 0.25) is 0 Å². The van der Waals surface area contributed by atoms with E-state index >= 15 is 0 Å². The predicted octanol–water partition coefficient (Wildman–Crippen LogP) is 1.89. The van der Waals surface area contributed by atoms with E-state index in [0.717, 1.165) is 5.56 Å². The molecule has 1 N–H and O–H groups in total. The van der Waals surface area contributed by atoms with E-state index in [1.807, 2.05) is 12.1 Å². The lowest BCUT2D eigenvalue weighted by atomic mass is 9.94. The highest BCUT2D eigenvalue weighted by Crippen LogP contribution is 2.25. The number of nitrogens with one attached hydrogen (secondary N) is 1. The normalized spacial score (nSPS) is 16.1. The van der Waals surface area contributed by atoms with Crippen molar-refractivity contribution in [1.82, 2.24) is 10.3 Å². The Labute approximate surface area is 109 Å². The van der Waals surface area contributed by atoms with Gasteiger partial charge in [0.05, 0.1) is 0 Å². The van der Waals surface area contributed by atoms with Crippen LogP contribution in [-0.2, 0) is 4.79 Å². The topological polar surface area (TPSA) is 59.1 Å². The monoisotopic (exact) mass is 250 g/mol. The highest BCUT2D eigenvalue weighted by atomic mass is 16.2. The van der Waals surface area contributed by atoms with Gasteiger partial charge < -0.3 is 0 Å². The Morgan fingerprint density at radius 1 is 0.947 bits per heavy atom. The SMILES string of the molecule is O=C1NC(=O)c2ccccc2/C1=C/c1cccnc1. The number of aromatic nitrogens is 1. The summed E-state index contributed by atoms with van der Waals surface area (Å²) in [6.45, 7) is 0. The van der Waals surface area contributed by atoms with Crippen LogP contribution in [-0.4, -0.2) is 16.8 Å². The van der Waals surface area contributed by atoms with Gasteiger partial charge >= 0.3 is 0 Å². The van der Waals surface area contributed by atoms with Crippen LogP contribution in [0.15, 0.2) is 48.8 Å². The number of fused-ring (bicyclic) bond motifs is 1. The zero-order chi connectivity index (χ0) is 13.2. The molecule has 2 aromatic rings. The Morgan fingerprint density at radius 2 is 1.74 bits per heavy atom. The molecule has 1 aliphatic heterocycles. The zero-order valence-electron chi connectivity index (χ0n) is 9.96. The molecule has 1 aromatic heterocycles. The van der Waals surface area contributed by atoms with Crippen LogP contribution in [0.4, 0.5) is 0 Å². The lowest BCUT2D eigenvalue weighted by Crippen LogP contribution is -2.36. The minimum atomic E-state index is -0.382. The van der Waals surface area contributed by atoms with Crippen molar-refractivity contribution in [3.8, 4) is 0 Å². The number of carbonyl (C=O) groups is 2. The van der Waals surface area contributed by atoms with Crippen LogP contribution >= 0.6 is 0 Å². The van der Waals surface area contributed by atoms with Crippen molar-refractivity contribution in [3.63, 3.8) is 0 Å². The minimum absolute atomic E-state index is 0.357. The second-order valence-electron chi connectivity index (χ2n) is 4.17. The van der Waals surface area contributed by atoms with E-state index < -0.39 is 0 Å². The first-order valence-corrected chi connectivity index (χ1v) is 5.82. The highest BCUT2D eigenvalue weighted by Gasteiger charge is 2.26. The van der Waals surface area contributed by atoms with Gasteiger partial charge in [-0.25, -0.2) is 0 Å². The number of amides is 2. The fourth-order valence-corrected chi connectivity index (χ4v) is 2.05. The van der Waals surface area contributed by atoms with Gasteiger partial charge in [-0.3, -0.25) is 19.9 Å². The third-order valence-corrected chi connectivity index (χ3v) is 2.93. The predicted molar refractivity (Wildman–Crippen MR) is 71.0 cm³/mol. The number of rotatable bonds is 1. The molecule has 0 atom stereocenters. The van der Waals surface area contributed by atoms with Gasteiger partial charge in [0.2, 0.25) is 0 Å². The number of carbonyl (C=O) groups excluding carboxylic acids is 2. The third kappa shape index (κ3) is 2.04. The van der Waals surface area contributed by atoms with Crippen molar-refractivity contribution < 1.29 is 9.59 Å². The molecule has 0 unspecified atom stereocenters. The van der Waals surface area contributed by atoms with Crippen LogP contribution in [0.5, 0.6) is 0 Å². The van der Waals surface area contributed by atoms with Gasteiger partial charge in [0.25, 0.3) is 11.8 Å². The number of hydrogen-bond donors (Lipinski definition) is 1. The van der Waals surface area contributed by atoms with Crippen molar-refractivity contribution in [2.75, 3.05) is 0 Å². The molecule has 92 valence electrons. The number of imide groups is 1. The Bertz CT molecular complexity index is 690. The lowest BCUT2D eigenvalue weighted by Gasteiger charge is -2.17. The molecule has 0 radical (unpaired) electrons. The molecule has 0 saturated heterocycles. The van der Waals surface area contributed by atoms with Gasteiger partial charge in [-0.2, -0.15) is 0 Å². The second kappa shape index (κ2) is 4.49. The standard InChI is InChI=1S/C15H10N2O2/c18-14-12-6-2-1-5-11(12)13(15(19)17-14)8-10-4-3-7-16-9-10/h1-9H,(H,17,18,19)/b13-8-. The molecular formula is C15H10N2O2. The van der Waals surface area contributed by atoms with Gasteiger partial charge in [-0.05, 0) is 29.3 Å². The average molecular weight is 250 g/mol. The summed E-state index contributed by atoms with van der Waals surface area (Å²) in [5.74, 6) is -0.739. The quantitative estimate of drug-likeness (QED) is 0.621.